The van der Waals surface area contributed by atoms with Crippen molar-refractivity contribution in [3.05, 3.63) is 11.9 Å². The van der Waals surface area contributed by atoms with Crippen molar-refractivity contribution >= 4 is 23.3 Å². The molecule has 0 aliphatic heterocycles. The van der Waals surface area contributed by atoms with Gasteiger partial charge in [0.2, 0.25) is 0 Å². The fourth-order valence-corrected chi connectivity index (χ4v) is 1.38. The van der Waals surface area contributed by atoms with E-state index in [1.165, 1.54) is 11.7 Å². The molecule has 0 spiro atoms. The summed E-state index contributed by atoms with van der Waals surface area (Å²) >= 11 is 6.92. The largest absolute Gasteiger partial charge is 0.181 e. The second kappa shape index (κ2) is 4.67. The van der Waals surface area contributed by atoms with Gasteiger partial charge in [0, 0.05) is 5.88 Å². The Labute approximate surface area is 75.9 Å². The Balaban J connectivity index is 2.23. The molecule has 1 aromatic heterocycles. The zero-order valence-corrected chi connectivity index (χ0v) is 8.03. The molecule has 1 atom stereocenters. The molecule has 0 radical (unpaired) electrons. The summed E-state index contributed by atoms with van der Waals surface area (Å²) in [6, 6.07) is 0. The van der Waals surface area contributed by atoms with Crippen LogP contribution in [-0.4, -0.2) is 14.6 Å². The lowest BCUT2D eigenvalue weighted by atomic mass is 10.1. The number of halogens is 1. The molecule has 0 bridgehead atoms. The van der Waals surface area contributed by atoms with E-state index in [4.69, 9.17) is 11.6 Å². The van der Waals surface area contributed by atoms with E-state index in [0.717, 1.165) is 24.4 Å². The fourth-order valence-electron chi connectivity index (χ4n) is 0.766. The van der Waals surface area contributed by atoms with Gasteiger partial charge in [-0.25, -0.2) is 0 Å². The van der Waals surface area contributed by atoms with Crippen molar-refractivity contribution in [3.8, 4) is 0 Å². The Hall–Kier alpha value is -0.150. The minimum atomic E-state index is 0.582. The number of aromatic nitrogens is 2. The first kappa shape index (κ1) is 8.94. The third-order valence-corrected chi connectivity index (χ3v) is 2.61. The van der Waals surface area contributed by atoms with Crippen LogP contribution < -0.4 is 0 Å². The molecular formula is C7H11ClN2S. The summed E-state index contributed by atoms with van der Waals surface area (Å²) in [5.74, 6) is 1.32. The Morgan fingerprint density at radius 2 is 2.55 bits per heavy atom. The third kappa shape index (κ3) is 3.16. The minimum absolute atomic E-state index is 0.582. The molecule has 11 heavy (non-hydrogen) atoms. The number of nitrogens with zero attached hydrogens (tertiary/aromatic N) is 2. The van der Waals surface area contributed by atoms with Crippen LogP contribution in [0.2, 0.25) is 0 Å². The lowest BCUT2D eigenvalue weighted by molar-refractivity contribution is 0.589. The highest BCUT2D eigenvalue weighted by molar-refractivity contribution is 6.99. The lowest BCUT2D eigenvalue weighted by Crippen LogP contribution is -1.98. The molecule has 1 unspecified atom stereocenters. The first-order valence-corrected chi connectivity index (χ1v) is 4.92. The van der Waals surface area contributed by atoms with Gasteiger partial charge in [-0.05, 0) is 18.8 Å². The lowest BCUT2D eigenvalue weighted by Gasteiger charge is -2.03. The van der Waals surface area contributed by atoms with Crippen LogP contribution in [0, 0.1) is 5.92 Å². The molecule has 0 saturated heterocycles. The summed E-state index contributed by atoms with van der Waals surface area (Å²) in [5.41, 5.74) is 1.09. The van der Waals surface area contributed by atoms with Crippen molar-refractivity contribution < 1.29 is 0 Å². The average Bonchev–Trinajstić information content (AvgIpc) is 2.52. The monoisotopic (exact) mass is 190 g/mol. The second-order valence-electron chi connectivity index (χ2n) is 2.70. The van der Waals surface area contributed by atoms with E-state index >= 15 is 0 Å². The van der Waals surface area contributed by atoms with E-state index in [2.05, 4.69) is 15.7 Å². The predicted molar refractivity (Wildman–Crippen MR) is 48.1 cm³/mol. The molecule has 0 amide bonds. The maximum absolute atomic E-state index is 5.66. The number of alkyl halides is 1. The molecule has 62 valence electrons. The summed E-state index contributed by atoms with van der Waals surface area (Å²) < 4.78 is 8.03. The van der Waals surface area contributed by atoms with Gasteiger partial charge >= 0.3 is 0 Å². The highest BCUT2D eigenvalue weighted by Crippen LogP contribution is 2.08. The molecule has 1 rings (SSSR count). The van der Waals surface area contributed by atoms with Gasteiger partial charge in [0.15, 0.2) is 0 Å². The zero-order valence-electron chi connectivity index (χ0n) is 6.46. The summed E-state index contributed by atoms with van der Waals surface area (Å²) in [5, 5.41) is 0. The quantitative estimate of drug-likeness (QED) is 0.682. The molecule has 0 aliphatic carbocycles. The van der Waals surface area contributed by atoms with Gasteiger partial charge in [0.25, 0.3) is 0 Å². The second-order valence-corrected chi connectivity index (χ2v) is 3.56. The summed E-state index contributed by atoms with van der Waals surface area (Å²) in [6.45, 7) is 2.15. The standard InChI is InChI=1S/C7H11ClN2S/c1-6(4-8)2-3-7-5-9-11-10-7/h5-6H,2-4H2,1H3. The van der Waals surface area contributed by atoms with Crippen molar-refractivity contribution in [2.75, 3.05) is 5.88 Å². The van der Waals surface area contributed by atoms with Crippen molar-refractivity contribution in [1.29, 1.82) is 0 Å². The smallest absolute Gasteiger partial charge is 0.0743 e. The first-order chi connectivity index (χ1) is 5.33. The van der Waals surface area contributed by atoms with Crippen molar-refractivity contribution in [1.82, 2.24) is 8.75 Å². The highest BCUT2D eigenvalue weighted by atomic mass is 35.5. The molecule has 1 heterocycles. The Kier molecular flexibility index (Phi) is 3.80. The van der Waals surface area contributed by atoms with E-state index < -0.39 is 0 Å². The van der Waals surface area contributed by atoms with Crippen LogP contribution >= 0.6 is 23.3 Å². The van der Waals surface area contributed by atoms with E-state index in [1.807, 2.05) is 6.20 Å². The predicted octanol–water partition coefficient (Wildman–Crippen LogP) is 2.35. The Morgan fingerprint density at radius 3 is 3.09 bits per heavy atom. The van der Waals surface area contributed by atoms with Crippen molar-refractivity contribution in [2.45, 2.75) is 19.8 Å². The molecule has 4 heteroatoms. The van der Waals surface area contributed by atoms with Crippen molar-refractivity contribution in [3.63, 3.8) is 0 Å². The summed E-state index contributed by atoms with van der Waals surface area (Å²) in [6.07, 6.45) is 3.94. The molecule has 1 aromatic rings. The molecule has 0 fully saturated rings. The fraction of sp³-hybridized carbons (Fsp3) is 0.714. The topological polar surface area (TPSA) is 25.8 Å². The van der Waals surface area contributed by atoms with Gasteiger partial charge in [-0.2, -0.15) is 8.75 Å². The van der Waals surface area contributed by atoms with Crippen LogP contribution in [0.15, 0.2) is 6.20 Å². The van der Waals surface area contributed by atoms with Crippen LogP contribution in [0.1, 0.15) is 19.0 Å². The Morgan fingerprint density at radius 1 is 1.73 bits per heavy atom. The van der Waals surface area contributed by atoms with Gasteiger partial charge in [0.1, 0.15) is 0 Å². The van der Waals surface area contributed by atoms with Crippen LogP contribution in [0.3, 0.4) is 0 Å². The van der Waals surface area contributed by atoms with Crippen LogP contribution in [-0.2, 0) is 6.42 Å². The van der Waals surface area contributed by atoms with E-state index in [0.29, 0.717) is 5.92 Å². The number of hydrogen-bond acceptors (Lipinski definition) is 3. The maximum atomic E-state index is 5.66. The van der Waals surface area contributed by atoms with Crippen molar-refractivity contribution in [2.24, 2.45) is 5.92 Å². The number of rotatable bonds is 4. The maximum Gasteiger partial charge on any atom is 0.0743 e. The number of hydrogen-bond donors (Lipinski definition) is 0. The van der Waals surface area contributed by atoms with Gasteiger partial charge in [-0.3, -0.25) is 0 Å². The van der Waals surface area contributed by atoms with E-state index in [1.54, 1.807) is 0 Å². The van der Waals surface area contributed by atoms with E-state index in [-0.39, 0.29) is 0 Å². The molecule has 2 nitrogen and oxygen atoms in total. The third-order valence-electron chi connectivity index (χ3n) is 1.56. The van der Waals surface area contributed by atoms with Crippen LogP contribution in [0.25, 0.3) is 0 Å². The molecule has 0 aromatic carbocycles. The first-order valence-electron chi connectivity index (χ1n) is 3.65. The van der Waals surface area contributed by atoms with Gasteiger partial charge in [0.05, 0.1) is 23.6 Å². The van der Waals surface area contributed by atoms with Gasteiger partial charge in [-0.1, -0.05) is 6.92 Å². The highest BCUT2D eigenvalue weighted by Gasteiger charge is 2.01. The summed E-state index contributed by atoms with van der Waals surface area (Å²) in [7, 11) is 0. The van der Waals surface area contributed by atoms with Gasteiger partial charge in [-0.15, -0.1) is 11.6 Å². The van der Waals surface area contributed by atoms with Crippen LogP contribution in [0.5, 0.6) is 0 Å². The molecule has 0 saturated carbocycles. The molecule has 0 N–H and O–H groups in total. The normalized spacial score (nSPS) is 13.3. The average molecular weight is 191 g/mol. The summed E-state index contributed by atoms with van der Waals surface area (Å²) in [4.78, 5) is 0. The number of aryl methyl sites for hydroxylation is 1. The van der Waals surface area contributed by atoms with E-state index in [9.17, 15) is 0 Å². The minimum Gasteiger partial charge on any atom is -0.181 e. The molecular weight excluding hydrogens is 180 g/mol. The van der Waals surface area contributed by atoms with Gasteiger partial charge < -0.3 is 0 Å². The SMILES string of the molecule is CC(CCl)CCc1cnsn1. The Bertz CT molecular complexity index is 188. The molecule has 0 aliphatic rings. The van der Waals surface area contributed by atoms with Crippen LogP contribution in [0.4, 0.5) is 0 Å². The zero-order chi connectivity index (χ0) is 8.10.